The fourth-order valence-corrected chi connectivity index (χ4v) is 5.30. The Balaban J connectivity index is 1.37. The van der Waals surface area contributed by atoms with Crippen LogP contribution in [0.15, 0.2) is 77.6 Å². The quantitative estimate of drug-likeness (QED) is 0.248. The Morgan fingerprint density at radius 3 is 2.66 bits per heavy atom. The predicted molar refractivity (Wildman–Crippen MR) is 154 cm³/mol. The molecule has 1 aliphatic rings. The molecule has 6 rings (SSSR count). The molecule has 0 saturated carbocycles. The molecule has 3 aromatic carbocycles. The summed E-state index contributed by atoms with van der Waals surface area (Å²) < 4.78 is 18.7. The van der Waals surface area contributed by atoms with Gasteiger partial charge in [0, 0.05) is 29.6 Å². The monoisotopic (exact) mass is 552 g/mol. The molecule has 1 aliphatic heterocycles. The molecule has 10 heteroatoms. The molecular weight excluding hydrogens is 520 g/mol. The third kappa shape index (κ3) is 5.78. The van der Waals surface area contributed by atoms with Crippen molar-refractivity contribution in [3.8, 4) is 17.2 Å². The third-order valence-corrected chi connectivity index (χ3v) is 7.26. The summed E-state index contributed by atoms with van der Waals surface area (Å²) in [7, 11) is 0. The van der Waals surface area contributed by atoms with E-state index in [9.17, 15) is 4.79 Å². The van der Waals surface area contributed by atoms with Crippen LogP contribution in [0.1, 0.15) is 48.8 Å². The van der Waals surface area contributed by atoms with E-state index in [2.05, 4.69) is 44.5 Å². The van der Waals surface area contributed by atoms with Crippen molar-refractivity contribution in [2.75, 3.05) is 13.4 Å². The van der Waals surface area contributed by atoms with Crippen LogP contribution < -0.4 is 19.8 Å². The molecule has 10 nitrogen and oxygen atoms in total. The van der Waals surface area contributed by atoms with E-state index in [1.165, 1.54) is 0 Å². The van der Waals surface area contributed by atoms with Gasteiger partial charge < -0.3 is 19.2 Å². The van der Waals surface area contributed by atoms with Crippen LogP contribution in [0.25, 0.3) is 10.9 Å². The van der Waals surface area contributed by atoms with Gasteiger partial charge in [-0.15, -0.1) is 5.10 Å². The lowest BCUT2D eigenvalue weighted by molar-refractivity contribution is 0.161. The minimum Gasteiger partial charge on any atom is -0.494 e. The van der Waals surface area contributed by atoms with Gasteiger partial charge in [0.25, 0.3) is 5.56 Å². The minimum absolute atomic E-state index is 0.129. The number of aromatic nitrogens is 5. The summed E-state index contributed by atoms with van der Waals surface area (Å²) in [6.07, 6.45) is 0.736. The van der Waals surface area contributed by atoms with E-state index in [1.807, 2.05) is 72.3 Å². The largest absolute Gasteiger partial charge is 0.494 e. The molecule has 0 unspecified atom stereocenters. The van der Waals surface area contributed by atoms with Crippen LogP contribution in [-0.2, 0) is 19.6 Å². The Morgan fingerprint density at radius 1 is 0.976 bits per heavy atom. The molecule has 0 fully saturated rings. The summed E-state index contributed by atoms with van der Waals surface area (Å²) in [5.41, 5.74) is 3.42. The Kier molecular flexibility index (Phi) is 7.64. The van der Waals surface area contributed by atoms with Crippen molar-refractivity contribution < 1.29 is 14.2 Å². The molecule has 0 bridgehead atoms. The van der Waals surface area contributed by atoms with E-state index < -0.39 is 0 Å². The molecule has 1 atom stereocenters. The van der Waals surface area contributed by atoms with Crippen LogP contribution in [0, 0.1) is 0 Å². The van der Waals surface area contributed by atoms with Crippen molar-refractivity contribution in [1.82, 2.24) is 30.1 Å². The van der Waals surface area contributed by atoms with E-state index in [-0.39, 0.29) is 18.4 Å². The van der Waals surface area contributed by atoms with Crippen molar-refractivity contribution in [3.05, 3.63) is 106 Å². The number of rotatable bonds is 11. The summed E-state index contributed by atoms with van der Waals surface area (Å²) in [6.45, 7) is 6.32. The molecule has 1 N–H and O–H groups in total. The van der Waals surface area contributed by atoms with Gasteiger partial charge in [-0.1, -0.05) is 43.3 Å². The average Bonchev–Trinajstić information content (AvgIpc) is 3.64. The molecule has 0 spiro atoms. The van der Waals surface area contributed by atoms with Crippen LogP contribution in [0.2, 0.25) is 0 Å². The molecule has 2 aromatic heterocycles. The highest BCUT2D eigenvalue weighted by Crippen LogP contribution is 2.34. The first-order chi connectivity index (χ1) is 20.1. The number of hydrogen-bond acceptors (Lipinski definition) is 8. The van der Waals surface area contributed by atoms with E-state index in [0.29, 0.717) is 31.8 Å². The number of ether oxygens (including phenoxy) is 3. The number of aromatic amines is 1. The standard InChI is InChI=1S/C31H32N6O4/c1-3-27(30-33-34-35-37(30)18-21-8-6-5-7-9-21)36(17-22-10-13-28-29(14-22)41-20-40-28)19-24-15-23-16-25(39-4-2)11-12-26(23)32-31(24)38/h5-16,27H,3-4,17-20H2,1-2H3,(H,32,38)/t27-/m0/s1. The lowest BCUT2D eigenvalue weighted by Gasteiger charge is -2.30. The van der Waals surface area contributed by atoms with Gasteiger partial charge in [-0.2, -0.15) is 0 Å². The maximum absolute atomic E-state index is 13.3. The van der Waals surface area contributed by atoms with Crippen LogP contribution in [0.5, 0.6) is 17.2 Å². The van der Waals surface area contributed by atoms with Crippen molar-refractivity contribution in [1.29, 1.82) is 0 Å². The lowest BCUT2D eigenvalue weighted by atomic mass is 10.1. The van der Waals surface area contributed by atoms with Crippen LogP contribution in [-0.4, -0.2) is 43.5 Å². The van der Waals surface area contributed by atoms with Gasteiger partial charge in [-0.05, 0) is 71.3 Å². The fraction of sp³-hybridized carbons (Fsp3) is 0.290. The third-order valence-electron chi connectivity index (χ3n) is 7.26. The van der Waals surface area contributed by atoms with Crippen LogP contribution in [0.4, 0.5) is 0 Å². The first kappa shape index (κ1) is 26.5. The van der Waals surface area contributed by atoms with Crippen LogP contribution >= 0.6 is 0 Å². The SMILES string of the molecule is CCOc1ccc2[nH]c(=O)c(CN(Cc3ccc4c(c3)OCO4)[C@@H](CC)c3nnnn3Cc3ccccc3)cc2c1. The molecular formula is C31H32N6O4. The number of nitrogens with one attached hydrogen (secondary N) is 1. The zero-order valence-electron chi connectivity index (χ0n) is 23.1. The van der Waals surface area contributed by atoms with Gasteiger partial charge in [0.1, 0.15) is 5.75 Å². The van der Waals surface area contributed by atoms with E-state index >= 15 is 0 Å². The number of pyridine rings is 1. The molecule has 0 saturated heterocycles. The van der Waals surface area contributed by atoms with Crippen molar-refractivity contribution in [3.63, 3.8) is 0 Å². The number of tetrazole rings is 1. The van der Waals surface area contributed by atoms with Gasteiger partial charge in [-0.3, -0.25) is 9.69 Å². The highest BCUT2D eigenvalue weighted by atomic mass is 16.7. The van der Waals surface area contributed by atoms with Crippen molar-refractivity contribution >= 4 is 10.9 Å². The van der Waals surface area contributed by atoms with Gasteiger partial charge in [0.05, 0.1) is 19.2 Å². The molecule has 0 aliphatic carbocycles. The van der Waals surface area contributed by atoms with Crippen molar-refractivity contribution in [2.24, 2.45) is 0 Å². The first-order valence-electron chi connectivity index (χ1n) is 13.8. The second-order valence-corrected chi connectivity index (χ2v) is 10.0. The molecule has 210 valence electrons. The topological polar surface area (TPSA) is 107 Å². The fourth-order valence-electron chi connectivity index (χ4n) is 5.30. The van der Waals surface area contributed by atoms with Gasteiger partial charge in [-0.25, -0.2) is 4.68 Å². The zero-order valence-corrected chi connectivity index (χ0v) is 23.1. The minimum atomic E-state index is -0.163. The second-order valence-electron chi connectivity index (χ2n) is 10.0. The van der Waals surface area contributed by atoms with Gasteiger partial charge in [0.15, 0.2) is 17.3 Å². The molecule has 0 amide bonds. The Hall–Kier alpha value is -4.70. The lowest BCUT2D eigenvalue weighted by Crippen LogP contribution is -2.32. The Morgan fingerprint density at radius 2 is 1.83 bits per heavy atom. The van der Waals surface area contributed by atoms with E-state index in [1.54, 1.807) is 0 Å². The number of H-pyrrole nitrogens is 1. The number of nitrogens with zero attached hydrogens (tertiary/aromatic N) is 5. The molecule has 3 heterocycles. The van der Waals surface area contributed by atoms with Gasteiger partial charge in [0.2, 0.25) is 6.79 Å². The second kappa shape index (κ2) is 11.8. The molecule has 41 heavy (non-hydrogen) atoms. The number of benzene rings is 3. The average molecular weight is 553 g/mol. The summed E-state index contributed by atoms with van der Waals surface area (Å²) >= 11 is 0. The number of hydrogen-bond donors (Lipinski definition) is 1. The summed E-state index contributed by atoms with van der Waals surface area (Å²) in [5, 5.41) is 13.7. The summed E-state index contributed by atoms with van der Waals surface area (Å²) in [5.74, 6) is 2.96. The zero-order chi connectivity index (χ0) is 28.2. The number of fused-ring (bicyclic) bond motifs is 2. The van der Waals surface area contributed by atoms with E-state index in [0.717, 1.165) is 51.5 Å². The first-order valence-corrected chi connectivity index (χ1v) is 13.8. The highest BCUT2D eigenvalue weighted by molar-refractivity contribution is 5.80. The predicted octanol–water partition coefficient (Wildman–Crippen LogP) is 4.84. The van der Waals surface area contributed by atoms with Crippen molar-refractivity contribution in [2.45, 2.75) is 45.9 Å². The Labute approximate surface area is 237 Å². The van der Waals surface area contributed by atoms with E-state index in [4.69, 9.17) is 14.2 Å². The maximum atomic E-state index is 13.3. The highest BCUT2D eigenvalue weighted by Gasteiger charge is 2.27. The molecule has 5 aromatic rings. The normalized spacial score (nSPS) is 13.1. The van der Waals surface area contributed by atoms with Gasteiger partial charge >= 0.3 is 0 Å². The molecule has 0 radical (unpaired) electrons. The summed E-state index contributed by atoms with van der Waals surface area (Å²) in [4.78, 5) is 18.6. The Bertz CT molecular complexity index is 1700. The maximum Gasteiger partial charge on any atom is 0.252 e. The summed E-state index contributed by atoms with van der Waals surface area (Å²) in [6, 6.07) is 23.5. The van der Waals surface area contributed by atoms with Crippen LogP contribution in [0.3, 0.4) is 0 Å². The smallest absolute Gasteiger partial charge is 0.252 e.